The van der Waals surface area contributed by atoms with Crippen molar-refractivity contribution in [1.82, 2.24) is 0 Å². The minimum atomic E-state index is -1.78. The van der Waals surface area contributed by atoms with Gasteiger partial charge in [-0.25, -0.2) is 0 Å². The monoisotopic (exact) mass is 337 g/mol. The van der Waals surface area contributed by atoms with E-state index in [9.17, 15) is 14.7 Å². The number of aryl methyl sites for hydroxylation is 3. The molecule has 1 heterocycles. The number of carbonyl (C=O) groups is 2. The maximum Gasteiger partial charge on any atom is 0.264 e. The normalized spacial score (nSPS) is 19.2. The smallest absolute Gasteiger partial charge is 0.264 e. The molecule has 3 rings (SSSR count). The van der Waals surface area contributed by atoms with E-state index in [2.05, 4.69) is 0 Å². The molecule has 1 unspecified atom stereocenters. The van der Waals surface area contributed by atoms with Crippen LogP contribution in [0.2, 0.25) is 0 Å². The molecule has 0 aliphatic carbocycles. The molecule has 25 heavy (non-hydrogen) atoms. The molecule has 0 aromatic heterocycles. The number of fused-ring (bicyclic) bond motifs is 1. The molecule has 0 spiro atoms. The summed E-state index contributed by atoms with van der Waals surface area (Å²) in [6.07, 6.45) is -0.201. The molecule has 1 aliphatic heterocycles. The van der Waals surface area contributed by atoms with Crippen LogP contribution >= 0.6 is 0 Å². The van der Waals surface area contributed by atoms with Crippen LogP contribution in [-0.4, -0.2) is 16.8 Å². The fourth-order valence-electron chi connectivity index (χ4n) is 3.65. The summed E-state index contributed by atoms with van der Waals surface area (Å²) in [5.41, 5.74) is 3.40. The SMILES string of the molecule is CC(=O)CC1(O)C(=O)N(Cc2ccc(C)cc2)c2c(C)ccc(C)c21. The third kappa shape index (κ3) is 2.87. The Kier molecular flexibility index (Phi) is 4.25. The second kappa shape index (κ2) is 6.12. The van der Waals surface area contributed by atoms with Crippen molar-refractivity contribution in [2.24, 2.45) is 0 Å². The number of amides is 1. The number of hydrogen-bond acceptors (Lipinski definition) is 3. The molecule has 0 bridgehead atoms. The summed E-state index contributed by atoms with van der Waals surface area (Å²) >= 11 is 0. The average molecular weight is 337 g/mol. The lowest BCUT2D eigenvalue weighted by molar-refractivity contribution is -0.141. The number of benzene rings is 2. The Labute approximate surface area is 148 Å². The summed E-state index contributed by atoms with van der Waals surface area (Å²) in [6.45, 7) is 7.58. The molecular weight excluding hydrogens is 314 g/mol. The lowest BCUT2D eigenvalue weighted by Crippen LogP contribution is -2.41. The molecule has 0 radical (unpaired) electrons. The minimum Gasteiger partial charge on any atom is -0.375 e. The Balaban J connectivity index is 2.12. The second-order valence-corrected chi connectivity index (χ2v) is 7.04. The molecule has 2 aromatic carbocycles. The van der Waals surface area contributed by atoms with E-state index in [-0.39, 0.29) is 12.2 Å². The van der Waals surface area contributed by atoms with Crippen LogP contribution in [0.15, 0.2) is 36.4 Å². The summed E-state index contributed by atoms with van der Waals surface area (Å²) in [5, 5.41) is 11.2. The van der Waals surface area contributed by atoms with Gasteiger partial charge in [-0.15, -0.1) is 0 Å². The van der Waals surface area contributed by atoms with E-state index in [1.54, 1.807) is 4.90 Å². The third-order valence-electron chi connectivity index (χ3n) is 4.84. The van der Waals surface area contributed by atoms with Crippen LogP contribution < -0.4 is 4.90 Å². The third-order valence-corrected chi connectivity index (χ3v) is 4.84. The first-order valence-electron chi connectivity index (χ1n) is 8.44. The summed E-state index contributed by atoms with van der Waals surface area (Å²) in [6, 6.07) is 11.8. The first-order valence-corrected chi connectivity index (χ1v) is 8.44. The van der Waals surface area contributed by atoms with Crippen LogP contribution in [0.4, 0.5) is 5.69 Å². The fraction of sp³-hybridized carbons (Fsp3) is 0.333. The van der Waals surface area contributed by atoms with Crippen molar-refractivity contribution in [2.45, 2.75) is 46.3 Å². The van der Waals surface area contributed by atoms with Crippen molar-refractivity contribution in [1.29, 1.82) is 0 Å². The van der Waals surface area contributed by atoms with E-state index in [0.717, 1.165) is 27.9 Å². The van der Waals surface area contributed by atoms with Crippen LogP contribution in [0, 0.1) is 20.8 Å². The van der Waals surface area contributed by atoms with Gasteiger partial charge in [-0.3, -0.25) is 9.59 Å². The van der Waals surface area contributed by atoms with Crippen LogP contribution in [0.5, 0.6) is 0 Å². The zero-order valence-electron chi connectivity index (χ0n) is 15.1. The van der Waals surface area contributed by atoms with Gasteiger partial charge in [-0.2, -0.15) is 0 Å². The van der Waals surface area contributed by atoms with Gasteiger partial charge < -0.3 is 10.0 Å². The molecule has 4 nitrogen and oxygen atoms in total. The molecule has 1 atom stereocenters. The van der Waals surface area contributed by atoms with E-state index in [4.69, 9.17) is 0 Å². The highest BCUT2D eigenvalue weighted by molar-refractivity contribution is 6.09. The Morgan fingerprint density at radius 2 is 1.64 bits per heavy atom. The standard InChI is InChI=1S/C21H23NO3/c1-13-5-9-17(10-6-13)12-22-19-15(3)8-7-14(2)18(19)21(25,20(22)24)11-16(4)23/h5-10,25H,11-12H2,1-4H3. The van der Waals surface area contributed by atoms with E-state index in [1.807, 2.05) is 57.2 Å². The highest BCUT2D eigenvalue weighted by Gasteiger charge is 2.51. The van der Waals surface area contributed by atoms with Gasteiger partial charge in [-0.05, 0) is 44.4 Å². The predicted octanol–water partition coefficient (Wildman–Crippen LogP) is 3.33. The molecule has 1 N–H and O–H groups in total. The first kappa shape index (κ1) is 17.4. The number of nitrogens with zero attached hydrogens (tertiary/aromatic N) is 1. The highest BCUT2D eigenvalue weighted by atomic mass is 16.3. The number of carbonyl (C=O) groups excluding carboxylic acids is 2. The van der Waals surface area contributed by atoms with Gasteiger partial charge >= 0.3 is 0 Å². The Morgan fingerprint density at radius 3 is 2.24 bits per heavy atom. The van der Waals surface area contributed by atoms with Crippen molar-refractivity contribution in [2.75, 3.05) is 4.90 Å². The van der Waals surface area contributed by atoms with E-state index in [0.29, 0.717) is 12.1 Å². The topological polar surface area (TPSA) is 57.6 Å². The van der Waals surface area contributed by atoms with E-state index < -0.39 is 11.5 Å². The number of rotatable bonds is 4. The molecule has 0 fully saturated rings. The lowest BCUT2D eigenvalue weighted by atomic mass is 9.86. The van der Waals surface area contributed by atoms with Crippen molar-refractivity contribution in [3.8, 4) is 0 Å². The van der Waals surface area contributed by atoms with Crippen LogP contribution in [0.25, 0.3) is 0 Å². The predicted molar refractivity (Wildman–Crippen MR) is 97.5 cm³/mol. The summed E-state index contributed by atoms with van der Waals surface area (Å²) in [7, 11) is 0. The first-order chi connectivity index (χ1) is 11.7. The quantitative estimate of drug-likeness (QED) is 0.931. The highest BCUT2D eigenvalue weighted by Crippen LogP contribution is 2.46. The zero-order chi connectivity index (χ0) is 18.4. The van der Waals surface area contributed by atoms with Gasteiger partial charge in [0, 0.05) is 12.0 Å². The molecular formula is C21H23NO3. The molecule has 2 aromatic rings. The van der Waals surface area contributed by atoms with Gasteiger partial charge in [0.15, 0.2) is 5.60 Å². The van der Waals surface area contributed by atoms with Crippen LogP contribution in [0.3, 0.4) is 0 Å². The number of anilines is 1. The zero-order valence-corrected chi connectivity index (χ0v) is 15.1. The molecule has 4 heteroatoms. The van der Waals surface area contributed by atoms with Gasteiger partial charge in [0.25, 0.3) is 5.91 Å². The van der Waals surface area contributed by atoms with Crippen molar-refractivity contribution in [3.63, 3.8) is 0 Å². The maximum absolute atomic E-state index is 13.1. The Morgan fingerprint density at radius 1 is 1.04 bits per heavy atom. The van der Waals surface area contributed by atoms with Gasteiger partial charge in [0.2, 0.25) is 0 Å². The lowest BCUT2D eigenvalue weighted by Gasteiger charge is -2.23. The minimum absolute atomic E-state index is 0.201. The second-order valence-electron chi connectivity index (χ2n) is 7.04. The summed E-state index contributed by atoms with van der Waals surface area (Å²) in [5.74, 6) is -0.629. The van der Waals surface area contributed by atoms with Gasteiger partial charge in [0.05, 0.1) is 12.2 Å². The number of ketones is 1. The molecule has 1 aliphatic rings. The molecule has 1 amide bonds. The maximum atomic E-state index is 13.1. The molecule has 130 valence electrons. The Bertz CT molecular complexity index is 854. The number of Topliss-reactive ketones (excluding diaryl/α,β-unsaturated/α-hetero) is 1. The summed E-state index contributed by atoms with van der Waals surface area (Å²) in [4.78, 5) is 26.5. The largest absolute Gasteiger partial charge is 0.375 e. The van der Waals surface area contributed by atoms with Gasteiger partial charge in [-0.1, -0.05) is 42.0 Å². The van der Waals surface area contributed by atoms with Crippen LogP contribution in [-0.2, 0) is 21.7 Å². The molecule has 0 saturated carbocycles. The van der Waals surface area contributed by atoms with E-state index in [1.165, 1.54) is 6.92 Å². The average Bonchev–Trinajstić information content (AvgIpc) is 2.75. The van der Waals surface area contributed by atoms with Crippen molar-refractivity contribution >= 4 is 17.4 Å². The van der Waals surface area contributed by atoms with Crippen molar-refractivity contribution in [3.05, 3.63) is 64.2 Å². The summed E-state index contributed by atoms with van der Waals surface area (Å²) < 4.78 is 0. The molecule has 0 saturated heterocycles. The fourth-order valence-corrected chi connectivity index (χ4v) is 3.65. The van der Waals surface area contributed by atoms with Crippen LogP contribution in [0.1, 0.15) is 41.2 Å². The van der Waals surface area contributed by atoms with E-state index >= 15 is 0 Å². The van der Waals surface area contributed by atoms with Gasteiger partial charge in [0.1, 0.15) is 5.78 Å². The van der Waals surface area contributed by atoms with Crippen molar-refractivity contribution < 1.29 is 14.7 Å². The Hall–Kier alpha value is -2.46. The number of aliphatic hydroxyl groups is 1. The number of hydrogen-bond donors (Lipinski definition) is 1.